The van der Waals surface area contributed by atoms with Crippen LogP contribution in [0.4, 0.5) is 10.1 Å². The van der Waals surface area contributed by atoms with Gasteiger partial charge < -0.3 is 10.2 Å². The van der Waals surface area contributed by atoms with Crippen molar-refractivity contribution in [3.8, 4) is 0 Å². The highest BCUT2D eigenvalue weighted by molar-refractivity contribution is 5.90. The van der Waals surface area contributed by atoms with Crippen molar-refractivity contribution >= 4 is 11.6 Å². The van der Waals surface area contributed by atoms with E-state index in [1.165, 1.54) is 17.7 Å². The first-order valence-corrected chi connectivity index (χ1v) is 9.70. The summed E-state index contributed by atoms with van der Waals surface area (Å²) in [6.45, 7) is 8.76. The van der Waals surface area contributed by atoms with Crippen molar-refractivity contribution in [2.75, 3.05) is 38.0 Å². The predicted molar refractivity (Wildman–Crippen MR) is 107 cm³/mol. The van der Waals surface area contributed by atoms with Gasteiger partial charge in [0.2, 0.25) is 5.91 Å². The van der Waals surface area contributed by atoms with Crippen LogP contribution >= 0.6 is 0 Å². The zero-order chi connectivity index (χ0) is 19.1. The lowest BCUT2D eigenvalue weighted by atomic mass is 10.1. The van der Waals surface area contributed by atoms with Crippen LogP contribution < -0.4 is 5.32 Å². The number of rotatable bonds is 7. The number of likely N-dealkylation sites (N-methyl/N-ethyl adjacent to an activating group) is 1. The van der Waals surface area contributed by atoms with Crippen LogP contribution in [0.25, 0.3) is 0 Å². The maximum absolute atomic E-state index is 13.2. The average Bonchev–Trinajstić information content (AvgIpc) is 2.69. The number of nitrogens with one attached hydrogen (secondary N) is 1. The summed E-state index contributed by atoms with van der Waals surface area (Å²) in [7, 11) is 0. The van der Waals surface area contributed by atoms with Crippen molar-refractivity contribution < 1.29 is 9.18 Å². The molecule has 0 aliphatic carbocycles. The van der Waals surface area contributed by atoms with Gasteiger partial charge in [-0.2, -0.15) is 0 Å². The second-order valence-electron chi connectivity index (χ2n) is 7.09. The van der Waals surface area contributed by atoms with Crippen molar-refractivity contribution in [3.05, 3.63) is 65.5 Å². The van der Waals surface area contributed by atoms with Crippen LogP contribution in [0.15, 0.2) is 48.5 Å². The monoisotopic (exact) mass is 369 g/mol. The van der Waals surface area contributed by atoms with Gasteiger partial charge in [0.15, 0.2) is 0 Å². The van der Waals surface area contributed by atoms with Gasteiger partial charge in [0, 0.05) is 44.8 Å². The minimum absolute atomic E-state index is 0.0531. The molecule has 0 saturated carbocycles. The van der Waals surface area contributed by atoms with Gasteiger partial charge in [-0.1, -0.05) is 31.2 Å². The van der Waals surface area contributed by atoms with Gasteiger partial charge in [-0.15, -0.1) is 0 Å². The first kappa shape index (κ1) is 19.5. The van der Waals surface area contributed by atoms with Gasteiger partial charge >= 0.3 is 0 Å². The number of benzene rings is 2. The van der Waals surface area contributed by atoms with Gasteiger partial charge in [0.1, 0.15) is 5.82 Å². The highest BCUT2D eigenvalue weighted by Crippen LogP contribution is 2.14. The van der Waals surface area contributed by atoms with E-state index in [2.05, 4.69) is 34.2 Å². The third-order valence-corrected chi connectivity index (χ3v) is 5.09. The second kappa shape index (κ2) is 9.62. The Bertz CT molecular complexity index is 739. The largest absolute Gasteiger partial charge is 0.326 e. The number of halogens is 1. The van der Waals surface area contributed by atoms with Gasteiger partial charge in [0.05, 0.1) is 0 Å². The Balaban J connectivity index is 1.44. The van der Waals surface area contributed by atoms with Crippen LogP contribution in [0, 0.1) is 5.82 Å². The van der Waals surface area contributed by atoms with E-state index in [1.807, 2.05) is 18.2 Å². The summed E-state index contributed by atoms with van der Waals surface area (Å²) in [5, 5.41) is 2.92. The molecule has 4 nitrogen and oxygen atoms in total. The Morgan fingerprint density at radius 2 is 1.70 bits per heavy atom. The second-order valence-corrected chi connectivity index (χ2v) is 7.09. The van der Waals surface area contributed by atoms with E-state index in [0.717, 1.165) is 50.5 Å². The van der Waals surface area contributed by atoms with Crippen LogP contribution in [0.3, 0.4) is 0 Å². The molecule has 1 N–H and O–H groups in total. The fourth-order valence-electron chi connectivity index (χ4n) is 3.39. The van der Waals surface area contributed by atoms with E-state index in [9.17, 15) is 9.18 Å². The summed E-state index contributed by atoms with van der Waals surface area (Å²) in [6.07, 6.45) is 0.873. The molecule has 0 unspecified atom stereocenters. The first-order chi connectivity index (χ1) is 13.1. The topological polar surface area (TPSA) is 35.6 Å². The molecule has 0 spiro atoms. The Labute approximate surface area is 161 Å². The lowest BCUT2D eigenvalue weighted by Gasteiger charge is -2.34. The SMILES string of the molecule is CCN1CCN(Cc2ccc(NC(=O)CCc3cccc(F)c3)cc2)CC1. The molecular formula is C22H28FN3O. The molecule has 1 heterocycles. The van der Waals surface area contributed by atoms with Gasteiger partial charge in [-0.25, -0.2) is 4.39 Å². The number of hydrogen-bond acceptors (Lipinski definition) is 3. The number of carbonyl (C=O) groups excluding carboxylic acids is 1. The molecule has 0 bridgehead atoms. The third kappa shape index (κ3) is 6.15. The third-order valence-electron chi connectivity index (χ3n) is 5.09. The number of anilines is 1. The molecule has 2 aromatic carbocycles. The zero-order valence-corrected chi connectivity index (χ0v) is 16.0. The lowest BCUT2D eigenvalue weighted by Crippen LogP contribution is -2.45. The summed E-state index contributed by atoms with van der Waals surface area (Å²) in [4.78, 5) is 17.1. The molecule has 27 heavy (non-hydrogen) atoms. The molecule has 2 aromatic rings. The average molecular weight is 369 g/mol. The standard InChI is InChI=1S/C22H28FN3O/c1-2-25-12-14-26(15-13-25)17-19-6-9-21(10-7-19)24-22(27)11-8-18-4-3-5-20(23)16-18/h3-7,9-10,16H,2,8,11-15,17H2,1H3,(H,24,27). The van der Waals surface area contributed by atoms with E-state index < -0.39 is 0 Å². The molecule has 1 aliphatic heterocycles. The summed E-state index contributed by atoms with van der Waals surface area (Å²) in [6, 6.07) is 14.5. The van der Waals surface area contributed by atoms with Crippen molar-refractivity contribution in [2.45, 2.75) is 26.3 Å². The van der Waals surface area contributed by atoms with Gasteiger partial charge in [-0.3, -0.25) is 9.69 Å². The van der Waals surface area contributed by atoms with Crippen LogP contribution in [0.2, 0.25) is 0 Å². The molecule has 1 amide bonds. The van der Waals surface area contributed by atoms with Gasteiger partial charge in [0.25, 0.3) is 0 Å². The summed E-state index contributed by atoms with van der Waals surface area (Å²) < 4.78 is 13.2. The Morgan fingerprint density at radius 3 is 2.37 bits per heavy atom. The van der Waals surface area contributed by atoms with Crippen LogP contribution in [-0.4, -0.2) is 48.4 Å². The first-order valence-electron chi connectivity index (χ1n) is 9.70. The highest BCUT2D eigenvalue weighted by atomic mass is 19.1. The molecule has 3 rings (SSSR count). The molecule has 0 aromatic heterocycles. The number of nitrogens with zero attached hydrogens (tertiary/aromatic N) is 2. The van der Waals surface area contributed by atoms with Crippen LogP contribution in [0.5, 0.6) is 0 Å². The summed E-state index contributed by atoms with van der Waals surface area (Å²) in [5.74, 6) is -0.317. The number of piperazine rings is 1. The fraction of sp³-hybridized carbons (Fsp3) is 0.409. The molecule has 1 fully saturated rings. The summed E-state index contributed by atoms with van der Waals surface area (Å²) >= 11 is 0. The van der Waals surface area contributed by atoms with E-state index >= 15 is 0 Å². The minimum atomic E-state index is -0.264. The Hall–Kier alpha value is -2.24. The molecule has 1 aliphatic rings. The zero-order valence-electron chi connectivity index (χ0n) is 16.0. The smallest absolute Gasteiger partial charge is 0.224 e. The number of hydrogen-bond donors (Lipinski definition) is 1. The number of aryl methyl sites for hydroxylation is 1. The van der Waals surface area contributed by atoms with Crippen molar-refractivity contribution in [2.24, 2.45) is 0 Å². The quantitative estimate of drug-likeness (QED) is 0.811. The van der Waals surface area contributed by atoms with Crippen LogP contribution in [0.1, 0.15) is 24.5 Å². The molecule has 0 atom stereocenters. The van der Waals surface area contributed by atoms with E-state index in [1.54, 1.807) is 6.07 Å². The van der Waals surface area contributed by atoms with E-state index in [-0.39, 0.29) is 11.7 Å². The molecule has 144 valence electrons. The lowest BCUT2D eigenvalue weighted by molar-refractivity contribution is -0.116. The van der Waals surface area contributed by atoms with Crippen LogP contribution in [-0.2, 0) is 17.8 Å². The maximum atomic E-state index is 13.2. The highest BCUT2D eigenvalue weighted by Gasteiger charge is 2.15. The minimum Gasteiger partial charge on any atom is -0.326 e. The molecular weight excluding hydrogens is 341 g/mol. The van der Waals surface area contributed by atoms with E-state index in [4.69, 9.17) is 0 Å². The Morgan fingerprint density at radius 1 is 1.00 bits per heavy atom. The molecule has 5 heteroatoms. The van der Waals surface area contributed by atoms with Gasteiger partial charge in [-0.05, 0) is 48.4 Å². The maximum Gasteiger partial charge on any atom is 0.224 e. The van der Waals surface area contributed by atoms with E-state index in [0.29, 0.717) is 12.8 Å². The predicted octanol–water partition coefficient (Wildman–Crippen LogP) is 3.53. The number of carbonyl (C=O) groups is 1. The molecule has 1 saturated heterocycles. The normalized spacial score (nSPS) is 15.6. The fourth-order valence-corrected chi connectivity index (χ4v) is 3.39. The Kier molecular flexibility index (Phi) is 6.96. The summed E-state index contributed by atoms with van der Waals surface area (Å²) in [5.41, 5.74) is 2.90. The van der Waals surface area contributed by atoms with Crippen molar-refractivity contribution in [1.82, 2.24) is 9.80 Å². The van der Waals surface area contributed by atoms with Crippen molar-refractivity contribution in [3.63, 3.8) is 0 Å². The number of amides is 1. The van der Waals surface area contributed by atoms with Crippen molar-refractivity contribution in [1.29, 1.82) is 0 Å². The molecule has 0 radical (unpaired) electrons.